The second-order valence-corrected chi connectivity index (χ2v) is 12.3. The summed E-state index contributed by atoms with van der Waals surface area (Å²) in [6.45, 7) is 4.23. The van der Waals surface area contributed by atoms with Crippen LogP contribution in [-0.2, 0) is 6.42 Å². The van der Waals surface area contributed by atoms with E-state index in [4.69, 9.17) is 9.98 Å². The Balaban J connectivity index is 1.23. The number of benzene rings is 5. The zero-order chi connectivity index (χ0) is 33.7. The number of rotatable bonds is 8. The molecule has 8 rings (SSSR count). The molecule has 1 aromatic heterocycles. The van der Waals surface area contributed by atoms with Crippen LogP contribution in [0, 0.1) is 0 Å². The summed E-state index contributed by atoms with van der Waals surface area (Å²) in [6, 6.07) is 37.7. The first kappa shape index (κ1) is 30.8. The fourth-order valence-corrected chi connectivity index (χ4v) is 6.67. The molecule has 2 heterocycles. The Bertz CT molecular complexity index is 2350. The van der Waals surface area contributed by atoms with E-state index in [0.717, 1.165) is 57.8 Å². The molecule has 0 bridgehead atoms. The zero-order valence-electron chi connectivity index (χ0n) is 27.6. The van der Waals surface area contributed by atoms with Crippen LogP contribution in [0.25, 0.3) is 39.8 Å². The molecule has 0 spiro atoms. The largest absolute Gasteiger partial charge is 0.344 e. The third kappa shape index (κ3) is 6.37. The topological polar surface area (TPSA) is 62.5 Å². The zero-order valence-corrected chi connectivity index (χ0v) is 27.6. The van der Waals surface area contributed by atoms with Gasteiger partial charge in [-0.05, 0) is 81.3 Å². The van der Waals surface area contributed by atoms with E-state index in [1.807, 2.05) is 54.6 Å². The summed E-state index contributed by atoms with van der Waals surface area (Å²) in [5.74, 6) is 1.41. The van der Waals surface area contributed by atoms with E-state index < -0.39 is 0 Å². The highest BCUT2D eigenvalue weighted by molar-refractivity contribution is 6.13. The number of fused-ring (bicyclic) bond motifs is 2. The van der Waals surface area contributed by atoms with Crippen LogP contribution in [0.4, 0.5) is 0 Å². The van der Waals surface area contributed by atoms with Crippen molar-refractivity contribution in [3.63, 3.8) is 0 Å². The molecule has 1 atom stereocenters. The highest BCUT2D eigenvalue weighted by Crippen LogP contribution is 2.32. The highest BCUT2D eigenvalue weighted by Gasteiger charge is 2.22. The van der Waals surface area contributed by atoms with Gasteiger partial charge in [0.15, 0.2) is 5.84 Å². The van der Waals surface area contributed by atoms with Crippen LogP contribution in [-0.4, -0.2) is 21.6 Å². The number of nitrogens with zero attached hydrogens (tertiary/aromatic N) is 4. The van der Waals surface area contributed by atoms with Crippen LogP contribution in [0.3, 0.4) is 0 Å². The summed E-state index contributed by atoms with van der Waals surface area (Å²) < 4.78 is 0. The molecular weight excluding hydrogens is 611 g/mol. The van der Waals surface area contributed by atoms with Crippen molar-refractivity contribution in [2.45, 2.75) is 19.0 Å². The molecule has 1 aliphatic carbocycles. The maximum Gasteiger partial charge on any atom is 0.159 e. The average Bonchev–Trinajstić information content (AvgIpc) is 3.20. The molecule has 2 aliphatic rings. The molecule has 0 fully saturated rings. The molecule has 0 amide bonds. The van der Waals surface area contributed by atoms with Crippen LogP contribution in [0.2, 0.25) is 0 Å². The van der Waals surface area contributed by atoms with Gasteiger partial charge in [-0.25, -0.2) is 9.98 Å². The Labute approximate surface area is 292 Å². The van der Waals surface area contributed by atoms with Gasteiger partial charge in [-0.3, -0.25) is 9.97 Å². The molecule has 240 valence electrons. The monoisotopic (exact) mass is 645 g/mol. The van der Waals surface area contributed by atoms with Gasteiger partial charge in [0.25, 0.3) is 0 Å². The molecule has 1 N–H and O–H groups in total. The van der Waals surface area contributed by atoms with Gasteiger partial charge in [-0.15, -0.1) is 0 Å². The third-order valence-corrected chi connectivity index (χ3v) is 9.14. The SMILES string of the molecule is C=C/C(=C\C=C\c1c2c(cc3ccccc13)C=CCC2)c1cc(C2=NC(c3ccccc3)=NC(c3ccccc3)N2)cc(-c2cnccn2)c1. The Morgan fingerprint density at radius 3 is 2.44 bits per heavy atom. The van der Waals surface area contributed by atoms with Crippen molar-refractivity contribution in [3.8, 4) is 11.3 Å². The molecule has 5 nitrogen and oxygen atoms in total. The van der Waals surface area contributed by atoms with Crippen LogP contribution in [0.5, 0.6) is 0 Å². The van der Waals surface area contributed by atoms with E-state index in [-0.39, 0.29) is 6.17 Å². The van der Waals surface area contributed by atoms with Gasteiger partial charge in [0.05, 0.1) is 11.9 Å². The number of hydrogen-bond donors (Lipinski definition) is 1. The number of amidine groups is 2. The first-order valence-corrected chi connectivity index (χ1v) is 16.9. The minimum Gasteiger partial charge on any atom is -0.344 e. The quantitative estimate of drug-likeness (QED) is 0.168. The lowest BCUT2D eigenvalue weighted by atomic mass is 9.88. The summed E-state index contributed by atoms with van der Waals surface area (Å²) in [5, 5.41) is 6.14. The lowest BCUT2D eigenvalue weighted by Gasteiger charge is -2.24. The van der Waals surface area contributed by atoms with E-state index in [9.17, 15) is 0 Å². The van der Waals surface area contributed by atoms with Gasteiger partial charge in [0.1, 0.15) is 12.0 Å². The number of aromatic nitrogens is 2. The minimum absolute atomic E-state index is 0.304. The molecule has 5 aromatic carbocycles. The van der Waals surface area contributed by atoms with Gasteiger partial charge in [0, 0.05) is 29.1 Å². The minimum atomic E-state index is -0.304. The predicted octanol–water partition coefficient (Wildman–Crippen LogP) is 10.0. The maximum atomic E-state index is 5.09. The first-order valence-electron chi connectivity index (χ1n) is 16.9. The maximum absolute atomic E-state index is 5.09. The van der Waals surface area contributed by atoms with Crippen molar-refractivity contribution in [2.24, 2.45) is 9.98 Å². The van der Waals surface area contributed by atoms with Gasteiger partial charge >= 0.3 is 0 Å². The average molecular weight is 646 g/mol. The summed E-state index contributed by atoms with van der Waals surface area (Å²) in [4.78, 5) is 19.1. The van der Waals surface area contributed by atoms with Crippen molar-refractivity contribution in [1.29, 1.82) is 0 Å². The van der Waals surface area contributed by atoms with Gasteiger partial charge < -0.3 is 5.32 Å². The smallest absolute Gasteiger partial charge is 0.159 e. The van der Waals surface area contributed by atoms with Gasteiger partial charge in [-0.1, -0.05) is 128 Å². The van der Waals surface area contributed by atoms with Crippen molar-refractivity contribution >= 4 is 40.2 Å². The Hall–Kier alpha value is -6.46. The van der Waals surface area contributed by atoms with Crippen molar-refractivity contribution in [3.05, 3.63) is 198 Å². The van der Waals surface area contributed by atoms with E-state index in [1.54, 1.807) is 18.6 Å². The molecule has 1 unspecified atom stereocenters. The van der Waals surface area contributed by atoms with Crippen LogP contribution < -0.4 is 5.32 Å². The molecule has 6 aromatic rings. The molecule has 0 radical (unpaired) electrons. The molecule has 0 saturated heterocycles. The van der Waals surface area contributed by atoms with Crippen LogP contribution in [0.15, 0.2) is 169 Å². The molecule has 5 heteroatoms. The van der Waals surface area contributed by atoms with E-state index in [0.29, 0.717) is 5.84 Å². The van der Waals surface area contributed by atoms with Gasteiger partial charge in [-0.2, -0.15) is 0 Å². The Morgan fingerprint density at radius 2 is 1.62 bits per heavy atom. The Morgan fingerprint density at radius 1 is 0.820 bits per heavy atom. The molecular formula is C45H35N5. The number of allylic oxidation sites excluding steroid dienone is 5. The normalized spacial score (nSPS) is 15.7. The van der Waals surface area contributed by atoms with Crippen molar-refractivity contribution < 1.29 is 0 Å². The van der Waals surface area contributed by atoms with Crippen LogP contribution in [0.1, 0.15) is 51.5 Å². The predicted molar refractivity (Wildman–Crippen MR) is 208 cm³/mol. The fraction of sp³-hybridized carbons (Fsp3) is 0.0667. The van der Waals surface area contributed by atoms with Crippen molar-refractivity contribution in [1.82, 2.24) is 15.3 Å². The lowest BCUT2D eigenvalue weighted by Crippen LogP contribution is -2.33. The summed E-state index contributed by atoms with van der Waals surface area (Å²) in [7, 11) is 0. The second kappa shape index (κ2) is 14.0. The van der Waals surface area contributed by atoms with Crippen molar-refractivity contribution in [2.75, 3.05) is 0 Å². The van der Waals surface area contributed by atoms with E-state index in [2.05, 4.69) is 113 Å². The summed E-state index contributed by atoms with van der Waals surface area (Å²) in [6.07, 6.45) is 19.9. The third-order valence-electron chi connectivity index (χ3n) is 9.14. The number of aliphatic imine (C=N–C) groups is 2. The number of nitrogens with one attached hydrogen (secondary N) is 1. The van der Waals surface area contributed by atoms with E-state index >= 15 is 0 Å². The molecule has 50 heavy (non-hydrogen) atoms. The molecule has 0 saturated carbocycles. The highest BCUT2D eigenvalue weighted by atomic mass is 15.2. The fourth-order valence-electron chi connectivity index (χ4n) is 6.67. The first-order chi connectivity index (χ1) is 24.7. The summed E-state index contributed by atoms with van der Waals surface area (Å²) in [5.41, 5.74) is 10.6. The number of hydrogen-bond acceptors (Lipinski definition) is 5. The Kier molecular flexibility index (Phi) is 8.61. The van der Waals surface area contributed by atoms with Gasteiger partial charge in [0.2, 0.25) is 0 Å². The second-order valence-electron chi connectivity index (χ2n) is 12.3. The van der Waals surface area contributed by atoms with Crippen LogP contribution >= 0.6 is 0 Å². The standard InChI is InChI=1S/C45H35N5/c1-2-31(20-13-23-41-39-21-11-9-18-34(39)26-35-19-10-12-22-40(35)41)36-27-37(42-30-46-24-25-47-42)29-38(28-36)45-49-43(32-14-5-3-6-15-32)48-44(50-45)33-16-7-4-8-17-33/h2-11,13-21,23-30,43H,1,12,22H2,(H,48,49,50)/b23-13+,31-20+. The molecule has 1 aliphatic heterocycles. The lowest BCUT2D eigenvalue weighted by molar-refractivity contribution is 0.674. The van der Waals surface area contributed by atoms with E-state index in [1.165, 1.54) is 27.5 Å². The summed E-state index contributed by atoms with van der Waals surface area (Å²) >= 11 is 0.